The summed E-state index contributed by atoms with van der Waals surface area (Å²) in [4.78, 5) is 11.2. The summed E-state index contributed by atoms with van der Waals surface area (Å²) in [6.07, 6.45) is 0. The zero-order chi connectivity index (χ0) is 10.1. The number of aromatic nitrogens is 1. The molecular weight excluding hydrogens is 278 g/mol. The Hall–Kier alpha value is -1.14. The van der Waals surface area contributed by atoms with Gasteiger partial charge in [-0.1, -0.05) is 23.5 Å². The van der Waals surface area contributed by atoms with Crippen LogP contribution in [0.2, 0.25) is 0 Å². The average Bonchev–Trinajstić information content (AvgIpc) is 2.43. The number of benzene rings is 1. The minimum atomic E-state index is -0.174. The van der Waals surface area contributed by atoms with E-state index < -0.39 is 0 Å². The lowest BCUT2D eigenvalue weighted by molar-refractivity contribution is -0.115. The molecule has 1 aromatic carbocycles. The second kappa shape index (κ2) is 4.59. The number of carbonyl (C=O) groups excluding carboxylic acids is 1. The lowest BCUT2D eigenvalue weighted by Crippen LogP contribution is -2.27. The Morgan fingerprint density at radius 3 is 2.80 bits per heavy atom. The van der Waals surface area contributed by atoms with Crippen LogP contribution in [0.25, 0.3) is 10.2 Å². The number of nitrogens with one attached hydrogen (secondary N) is 2. The fraction of sp³-hybridized carbons (Fsp3) is 0.111. The Morgan fingerprint density at radius 1 is 1.47 bits per heavy atom. The second-order valence-electron chi connectivity index (χ2n) is 2.88. The van der Waals surface area contributed by atoms with Gasteiger partial charge in [-0.15, -0.1) is 17.0 Å². The molecule has 80 valence electrons. The van der Waals surface area contributed by atoms with Crippen LogP contribution in [0, 0.1) is 5.41 Å². The highest BCUT2D eigenvalue weighted by molar-refractivity contribution is 8.93. The molecule has 0 unspecified atom stereocenters. The molecule has 15 heavy (non-hydrogen) atoms. The first-order valence-corrected chi connectivity index (χ1v) is 4.93. The van der Waals surface area contributed by atoms with Gasteiger partial charge in [-0.2, -0.15) is 0 Å². The predicted molar refractivity (Wildman–Crippen MR) is 66.0 cm³/mol. The molecule has 0 bridgehead atoms. The first kappa shape index (κ1) is 11.9. The number of hydrogen-bond acceptors (Lipinski definition) is 3. The summed E-state index contributed by atoms with van der Waals surface area (Å²) in [5.41, 5.74) is 3.46. The number of rotatable bonds is 1. The lowest BCUT2D eigenvalue weighted by Gasteiger charge is -2.03. The van der Waals surface area contributed by atoms with Crippen LogP contribution in [0.4, 0.5) is 0 Å². The SMILES string of the molecule is Br.CC(=O)Nn1c(=N)sc2ccccc21. The highest BCUT2D eigenvalue weighted by Crippen LogP contribution is 2.14. The summed E-state index contributed by atoms with van der Waals surface area (Å²) in [7, 11) is 0. The third kappa shape index (κ3) is 2.27. The average molecular weight is 288 g/mol. The molecule has 0 fully saturated rings. The third-order valence-electron chi connectivity index (χ3n) is 1.79. The molecule has 1 aromatic heterocycles. The van der Waals surface area contributed by atoms with Crippen LogP contribution in [0.3, 0.4) is 0 Å². The van der Waals surface area contributed by atoms with Crippen LogP contribution in [-0.4, -0.2) is 10.6 Å². The van der Waals surface area contributed by atoms with Crippen molar-refractivity contribution in [3.63, 3.8) is 0 Å². The first-order chi connectivity index (χ1) is 6.68. The fourth-order valence-electron chi connectivity index (χ4n) is 1.26. The number of hydrogen-bond donors (Lipinski definition) is 2. The summed E-state index contributed by atoms with van der Waals surface area (Å²) < 4.78 is 2.48. The van der Waals surface area contributed by atoms with Gasteiger partial charge < -0.3 is 0 Å². The van der Waals surface area contributed by atoms with Crippen LogP contribution in [0.1, 0.15) is 6.92 Å². The van der Waals surface area contributed by atoms with E-state index in [0.717, 1.165) is 10.2 Å². The Balaban J connectivity index is 0.00000112. The zero-order valence-electron chi connectivity index (χ0n) is 7.98. The summed E-state index contributed by atoms with van der Waals surface area (Å²) in [6, 6.07) is 7.60. The van der Waals surface area contributed by atoms with Gasteiger partial charge in [0, 0.05) is 6.92 Å². The Kier molecular flexibility index (Phi) is 3.65. The van der Waals surface area contributed by atoms with Gasteiger partial charge in [0.25, 0.3) is 0 Å². The quantitative estimate of drug-likeness (QED) is 0.826. The number of nitrogens with zero attached hydrogens (tertiary/aromatic N) is 1. The van der Waals surface area contributed by atoms with Crippen molar-refractivity contribution in [2.45, 2.75) is 6.92 Å². The zero-order valence-corrected chi connectivity index (χ0v) is 10.5. The van der Waals surface area contributed by atoms with E-state index in [2.05, 4.69) is 5.43 Å². The van der Waals surface area contributed by atoms with Gasteiger partial charge >= 0.3 is 0 Å². The van der Waals surface area contributed by atoms with Crippen molar-refractivity contribution < 1.29 is 4.79 Å². The van der Waals surface area contributed by atoms with Crippen LogP contribution in [0.5, 0.6) is 0 Å². The smallest absolute Gasteiger partial charge is 0.235 e. The largest absolute Gasteiger partial charge is 0.274 e. The Morgan fingerprint density at radius 2 is 2.13 bits per heavy atom. The predicted octanol–water partition coefficient (Wildman–Crippen LogP) is 1.85. The molecular formula is C9H10BrN3OS. The molecule has 0 radical (unpaired) electrons. The van der Waals surface area contributed by atoms with E-state index in [0.29, 0.717) is 4.80 Å². The van der Waals surface area contributed by atoms with E-state index in [-0.39, 0.29) is 22.9 Å². The standard InChI is InChI=1S/C9H9N3OS.BrH/c1-6(13)11-12-7-4-2-3-5-8(7)14-9(12)10;/h2-5,10H,1H3,(H,11,13);1H. The molecule has 1 heterocycles. The Labute approximate surface area is 101 Å². The molecule has 0 aliphatic heterocycles. The van der Waals surface area contributed by atoms with E-state index in [1.165, 1.54) is 22.9 Å². The highest BCUT2D eigenvalue weighted by Gasteiger charge is 2.04. The summed E-state index contributed by atoms with van der Waals surface area (Å²) in [5.74, 6) is -0.174. The molecule has 0 aliphatic carbocycles. The summed E-state index contributed by atoms with van der Waals surface area (Å²) >= 11 is 1.34. The molecule has 0 saturated heterocycles. The molecule has 1 amide bonds. The van der Waals surface area contributed by atoms with Crippen molar-refractivity contribution in [1.82, 2.24) is 4.68 Å². The maximum absolute atomic E-state index is 10.9. The van der Waals surface area contributed by atoms with E-state index >= 15 is 0 Å². The van der Waals surface area contributed by atoms with Gasteiger partial charge in [0.05, 0.1) is 10.2 Å². The van der Waals surface area contributed by atoms with Crippen molar-refractivity contribution >= 4 is 44.4 Å². The number of carbonyl (C=O) groups is 1. The minimum absolute atomic E-state index is 0. The maximum Gasteiger partial charge on any atom is 0.235 e. The molecule has 0 spiro atoms. The second-order valence-corrected chi connectivity index (χ2v) is 3.91. The number of fused-ring (bicyclic) bond motifs is 1. The first-order valence-electron chi connectivity index (χ1n) is 4.11. The number of halogens is 1. The molecule has 0 aliphatic rings. The van der Waals surface area contributed by atoms with Gasteiger partial charge in [0.1, 0.15) is 0 Å². The highest BCUT2D eigenvalue weighted by atomic mass is 79.9. The molecule has 0 atom stereocenters. The van der Waals surface area contributed by atoms with Crippen molar-refractivity contribution in [2.24, 2.45) is 0 Å². The van der Waals surface area contributed by atoms with E-state index in [4.69, 9.17) is 5.41 Å². The van der Waals surface area contributed by atoms with Crippen molar-refractivity contribution in [2.75, 3.05) is 5.43 Å². The van der Waals surface area contributed by atoms with Gasteiger partial charge in [0.2, 0.25) is 10.7 Å². The summed E-state index contributed by atoms with van der Waals surface area (Å²) in [6.45, 7) is 1.43. The van der Waals surface area contributed by atoms with Crippen LogP contribution in [-0.2, 0) is 4.79 Å². The number of amides is 1. The van der Waals surface area contributed by atoms with Crippen LogP contribution < -0.4 is 10.2 Å². The van der Waals surface area contributed by atoms with Gasteiger partial charge in [0.15, 0.2) is 0 Å². The van der Waals surface area contributed by atoms with E-state index in [1.807, 2.05) is 24.3 Å². The van der Waals surface area contributed by atoms with Crippen LogP contribution in [0.15, 0.2) is 24.3 Å². The molecule has 0 saturated carbocycles. The lowest BCUT2D eigenvalue weighted by atomic mass is 10.3. The number of para-hydroxylation sites is 1. The van der Waals surface area contributed by atoms with E-state index in [9.17, 15) is 4.79 Å². The fourth-order valence-corrected chi connectivity index (χ4v) is 2.11. The Bertz CT molecular complexity index is 546. The van der Waals surface area contributed by atoms with E-state index in [1.54, 1.807) is 0 Å². The van der Waals surface area contributed by atoms with Crippen LogP contribution >= 0.6 is 28.3 Å². The molecule has 2 rings (SSSR count). The number of thiazole rings is 1. The molecule has 4 nitrogen and oxygen atoms in total. The van der Waals surface area contributed by atoms with Gasteiger partial charge in [-0.05, 0) is 12.1 Å². The normalized spacial score (nSPS) is 9.67. The molecule has 2 N–H and O–H groups in total. The van der Waals surface area contributed by atoms with Crippen molar-refractivity contribution in [3.05, 3.63) is 29.1 Å². The van der Waals surface area contributed by atoms with Crippen molar-refractivity contribution in [3.8, 4) is 0 Å². The van der Waals surface area contributed by atoms with Crippen molar-refractivity contribution in [1.29, 1.82) is 5.41 Å². The van der Waals surface area contributed by atoms with Gasteiger partial charge in [-0.3, -0.25) is 15.6 Å². The third-order valence-corrected chi connectivity index (χ3v) is 2.73. The minimum Gasteiger partial charge on any atom is -0.274 e. The maximum atomic E-state index is 10.9. The van der Waals surface area contributed by atoms with Gasteiger partial charge in [-0.25, -0.2) is 4.68 Å². The topological polar surface area (TPSA) is 57.9 Å². The summed E-state index contributed by atoms with van der Waals surface area (Å²) in [5, 5.41) is 7.66. The monoisotopic (exact) mass is 287 g/mol. The molecule has 2 aromatic rings. The molecule has 6 heteroatoms.